The zero-order valence-corrected chi connectivity index (χ0v) is 7.39. The SMILES string of the molecule is CCCCN(CCC)C([NH])=O. The molecule has 65 valence electrons. The molecule has 0 aliphatic heterocycles. The van der Waals surface area contributed by atoms with Crippen LogP contribution in [0.15, 0.2) is 0 Å². The lowest BCUT2D eigenvalue weighted by Crippen LogP contribution is -2.32. The first-order valence-electron chi connectivity index (χ1n) is 4.22. The topological polar surface area (TPSA) is 44.1 Å². The van der Waals surface area contributed by atoms with Crippen molar-refractivity contribution in [3.05, 3.63) is 0 Å². The number of unbranched alkanes of at least 4 members (excludes halogenated alkanes) is 1. The minimum absolute atomic E-state index is 0.541. The third kappa shape index (κ3) is 4.65. The molecule has 3 nitrogen and oxygen atoms in total. The molecule has 0 aromatic rings. The minimum atomic E-state index is -0.541. The van der Waals surface area contributed by atoms with Crippen LogP contribution in [0.5, 0.6) is 0 Å². The molecule has 0 heterocycles. The number of carbonyl (C=O) groups excluding carboxylic acids is 1. The number of urea groups is 1. The second-order valence-electron chi connectivity index (χ2n) is 2.65. The monoisotopic (exact) mass is 157 g/mol. The molecule has 0 fully saturated rings. The first-order chi connectivity index (χ1) is 5.22. The Balaban J connectivity index is 3.60. The van der Waals surface area contributed by atoms with E-state index in [1.807, 2.05) is 6.92 Å². The predicted octanol–water partition coefficient (Wildman–Crippen LogP) is 1.90. The van der Waals surface area contributed by atoms with Gasteiger partial charge in [-0.25, -0.2) is 10.5 Å². The van der Waals surface area contributed by atoms with Crippen LogP contribution in [0.25, 0.3) is 0 Å². The summed E-state index contributed by atoms with van der Waals surface area (Å²) in [7, 11) is 0. The van der Waals surface area contributed by atoms with Gasteiger partial charge in [-0.2, -0.15) is 0 Å². The van der Waals surface area contributed by atoms with Crippen LogP contribution in [0.3, 0.4) is 0 Å². The molecule has 0 spiro atoms. The maximum Gasteiger partial charge on any atom is 0.336 e. The van der Waals surface area contributed by atoms with Crippen LogP contribution in [0.2, 0.25) is 0 Å². The second kappa shape index (κ2) is 6.01. The van der Waals surface area contributed by atoms with E-state index in [4.69, 9.17) is 5.73 Å². The van der Waals surface area contributed by atoms with Crippen molar-refractivity contribution in [3.63, 3.8) is 0 Å². The van der Waals surface area contributed by atoms with E-state index < -0.39 is 6.03 Å². The average molecular weight is 157 g/mol. The van der Waals surface area contributed by atoms with Crippen molar-refractivity contribution in [3.8, 4) is 0 Å². The maximum atomic E-state index is 10.6. The Morgan fingerprint density at radius 1 is 1.27 bits per heavy atom. The smallest absolute Gasteiger partial charge is 0.323 e. The van der Waals surface area contributed by atoms with Crippen molar-refractivity contribution >= 4 is 6.03 Å². The molecule has 1 N–H and O–H groups in total. The fraction of sp³-hybridized carbons (Fsp3) is 0.875. The van der Waals surface area contributed by atoms with E-state index in [2.05, 4.69) is 6.92 Å². The van der Waals surface area contributed by atoms with Gasteiger partial charge in [0, 0.05) is 13.1 Å². The Labute approximate surface area is 68.6 Å². The van der Waals surface area contributed by atoms with Crippen molar-refractivity contribution in [2.24, 2.45) is 0 Å². The predicted molar refractivity (Wildman–Crippen MR) is 45.3 cm³/mol. The molecule has 2 amide bonds. The maximum absolute atomic E-state index is 10.6. The summed E-state index contributed by atoms with van der Waals surface area (Å²) in [5, 5.41) is 0. The third-order valence-electron chi connectivity index (χ3n) is 1.56. The van der Waals surface area contributed by atoms with E-state index in [1.165, 1.54) is 0 Å². The van der Waals surface area contributed by atoms with Crippen LogP contribution in [0.1, 0.15) is 33.1 Å². The molecule has 0 aliphatic rings. The van der Waals surface area contributed by atoms with Gasteiger partial charge in [0.2, 0.25) is 0 Å². The number of rotatable bonds is 5. The molecule has 3 heteroatoms. The van der Waals surface area contributed by atoms with Crippen LogP contribution in [-0.2, 0) is 0 Å². The number of carbonyl (C=O) groups is 1. The lowest BCUT2D eigenvalue weighted by Gasteiger charge is -2.17. The van der Waals surface area contributed by atoms with Gasteiger partial charge in [-0.1, -0.05) is 20.3 Å². The third-order valence-corrected chi connectivity index (χ3v) is 1.56. The molecular formula is C8H17N2O. The lowest BCUT2D eigenvalue weighted by molar-refractivity contribution is 0.205. The highest BCUT2D eigenvalue weighted by Gasteiger charge is 2.06. The molecular weight excluding hydrogens is 140 g/mol. The Morgan fingerprint density at radius 3 is 2.27 bits per heavy atom. The Morgan fingerprint density at radius 2 is 1.91 bits per heavy atom. The van der Waals surface area contributed by atoms with Gasteiger partial charge < -0.3 is 4.90 Å². The Hall–Kier alpha value is -0.730. The molecule has 0 unspecified atom stereocenters. The first kappa shape index (κ1) is 10.3. The van der Waals surface area contributed by atoms with Gasteiger partial charge >= 0.3 is 6.03 Å². The van der Waals surface area contributed by atoms with Crippen LogP contribution < -0.4 is 5.73 Å². The van der Waals surface area contributed by atoms with Crippen molar-refractivity contribution in [1.82, 2.24) is 10.6 Å². The van der Waals surface area contributed by atoms with Gasteiger partial charge in [-0.3, -0.25) is 0 Å². The number of hydrogen-bond acceptors (Lipinski definition) is 1. The standard InChI is InChI=1S/C8H17N2O/c1-3-5-7-10(6-4-2)8(9)11/h9H,3-7H2,1-2H3. The lowest BCUT2D eigenvalue weighted by atomic mass is 10.3. The summed E-state index contributed by atoms with van der Waals surface area (Å²) in [5.41, 5.74) is 6.90. The number of amides is 2. The largest absolute Gasteiger partial charge is 0.336 e. The Bertz CT molecular complexity index is 115. The Kier molecular flexibility index (Phi) is 5.61. The summed E-state index contributed by atoms with van der Waals surface area (Å²) >= 11 is 0. The van der Waals surface area contributed by atoms with Crippen LogP contribution in [0.4, 0.5) is 4.79 Å². The van der Waals surface area contributed by atoms with Gasteiger partial charge in [-0.05, 0) is 12.8 Å². The number of hydrogen-bond donors (Lipinski definition) is 0. The summed E-state index contributed by atoms with van der Waals surface area (Å²) < 4.78 is 0. The van der Waals surface area contributed by atoms with Gasteiger partial charge in [0.05, 0.1) is 0 Å². The zero-order chi connectivity index (χ0) is 8.69. The van der Waals surface area contributed by atoms with E-state index in [0.29, 0.717) is 0 Å². The van der Waals surface area contributed by atoms with Gasteiger partial charge in [0.25, 0.3) is 0 Å². The summed E-state index contributed by atoms with van der Waals surface area (Å²) in [4.78, 5) is 12.2. The van der Waals surface area contributed by atoms with Crippen molar-refractivity contribution in [2.75, 3.05) is 13.1 Å². The van der Waals surface area contributed by atoms with Crippen LogP contribution >= 0.6 is 0 Å². The van der Waals surface area contributed by atoms with Gasteiger partial charge in [0.15, 0.2) is 0 Å². The fourth-order valence-corrected chi connectivity index (χ4v) is 0.934. The van der Waals surface area contributed by atoms with E-state index in [1.54, 1.807) is 4.90 Å². The summed E-state index contributed by atoms with van der Waals surface area (Å²) in [6, 6.07) is -0.541. The molecule has 11 heavy (non-hydrogen) atoms. The molecule has 0 aromatic heterocycles. The zero-order valence-electron chi connectivity index (χ0n) is 7.39. The normalized spacial score (nSPS) is 9.64. The summed E-state index contributed by atoms with van der Waals surface area (Å²) in [5.74, 6) is 0. The fourth-order valence-electron chi connectivity index (χ4n) is 0.934. The van der Waals surface area contributed by atoms with Crippen LogP contribution in [0, 0.1) is 0 Å². The molecule has 0 aromatic carbocycles. The summed E-state index contributed by atoms with van der Waals surface area (Å²) in [6.45, 7) is 5.56. The molecule has 0 bridgehead atoms. The highest BCUT2D eigenvalue weighted by Crippen LogP contribution is 1.96. The van der Waals surface area contributed by atoms with Gasteiger partial charge in [-0.15, -0.1) is 0 Å². The van der Waals surface area contributed by atoms with E-state index in [9.17, 15) is 4.79 Å². The van der Waals surface area contributed by atoms with Crippen molar-refractivity contribution < 1.29 is 4.79 Å². The quantitative estimate of drug-likeness (QED) is 0.601. The molecule has 1 radical (unpaired) electrons. The molecule has 0 atom stereocenters. The molecule has 0 aliphatic carbocycles. The minimum Gasteiger partial charge on any atom is -0.323 e. The number of nitrogens with zero attached hydrogens (tertiary/aromatic N) is 1. The molecule has 0 saturated carbocycles. The second-order valence-corrected chi connectivity index (χ2v) is 2.65. The van der Waals surface area contributed by atoms with Gasteiger partial charge in [0.1, 0.15) is 0 Å². The molecule has 0 rings (SSSR count). The van der Waals surface area contributed by atoms with Crippen molar-refractivity contribution in [1.29, 1.82) is 0 Å². The average Bonchev–Trinajstić information content (AvgIpc) is 1.97. The number of nitrogens with one attached hydrogen (secondary N) is 1. The highest BCUT2D eigenvalue weighted by molar-refractivity contribution is 5.71. The van der Waals surface area contributed by atoms with E-state index >= 15 is 0 Å². The summed E-state index contributed by atoms with van der Waals surface area (Å²) in [6.07, 6.45) is 3.02. The van der Waals surface area contributed by atoms with E-state index in [0.717, 1.165) is 32.4 Å². The molecule has 0 saturated heterocycles. The van der Waals surface area contributed by atoms with Crippen LogP contribution in [-0.4, -0.2) is 24.0 Å². The van der Waals surface area contributed by atoms with Crippen molar-refractivity contribution in [2.45, 2.75) is 33.1 Å². The van der Waals surface area contributed by atoms with E-state index in [-0.39, 0.29) is 0 Å². The highest BCUT2D eigenvalue weighted by atomic mass is 16.2. The first-order valence-corrected chi connectivity index (χ1v) is 4.22.